The van der Waals surface area contributed by atoms with Crippen molar-refractivity contribution in [3.8, 4) is 0 Å². The van der Waals surface area contributed by atoms with Crippen molar-refractivity contribution in [2.75, 3.05) is 13.1 Å². The Balaban J connectivity index is 0.00000242. The Labute approximate surface area is 148 Å². The summed E-state index contributed by atoms with van der Waals surface area (Å²) in [4.78, 5) is 4.57. The van der Waals surface area contributed by atoms with Crippen LogP contribution in [-0.2, 0) is 6.54 Å². The van der Waals surface area contributed by atoms with Gasteiger partial charge in [0, 0.05) is 19.3 Å². The second-order valence-electron chi connectivity index (χ2n) is 4.87. The maximum atomic E-state index is 4.57. The molecule has 2 heterocycles. The van der Waals surface area contributed by atoms with E-state index in [9.17, 15) is 0 Å². The lowest BCUT2D eigenvalue weighted by atomic mass is 10.2. The first kappa shape index (κ1) is 18.7. The number of guanidine groups is 1. The highest BCUT2D eigenvalue weighted by molar-refractivity contribution is 14.0. The molecule has 0 spiro atoms. The maximum Gasteiger partial charge on any atom is 0.191 e. The number of nitrogens with zero attached hydrogens (tertiary/aromatic N) is 4. The van der Waals surface area contributed by atoms with Crippen LogP contribution in [0.4, 0.5) is 0 Å². The summed E-state index contributed by atoms with van der Waals surface area (Å²) in [7, 11) is 0. The number of rotatable bonds is 7. The number of unbranched alkanes of at least 4 members (excludes halogenated alkanes) is 2. The van der Waals surface area contributed by atoms with Crippen LogP contribution in [0.3, 0.4) is 0 Å². The molecule has 0 bridgehead atoms. The van der Waals surface area contributed by atoms with E-state index in [2.05, 4.69) is 39.7 Å². The molecule has 0 aliphatic rings. The average molecular weight is 416 g/mol. The van der Waals surface area contributed by atoms with Crippen molar-refractivity contribution in [3.05, 3.63) is 30.2 Å². The van der Waals surface area contributed by atoms with Crippen LogP contribution in [0.25, 0.3) is 5.65 Å². The van der Waals surface area contributed by atoms with Crippen molar-refractivity contribution in [2.45, 2.75) is 39.7 Å². The molecule has 2 aromatic rings. The molecule has 0 aromatic carbocycles. The number of pyridine rings is 1. The highest BCUT2D eigenvalue weighted by atomic mass is 127. The molecule has 2 rings (SSSR count). The van der Waals surface area contributed by atoms with Gasteiger partial charge in [-0.15, -0.1) is 34.2 Å². The maximum absolute atomic E-state index is 4.57. The Bertz CT molecular complexity index is 580. The number of fused-ring (bicyclic) bond motifs is 1. The zero-order valence-corrected chi connectivity index (χ0v) is 15.6. The Morgan fingerprint density at radius 2 is 2.05 bits per heavy atom. The number of hydrogen-bond acceptors (Lipinski definition) is 3. The first-order valence-corrected chi connectivity index (χ1v) is 7.66. The summed E-state index contributed by atoms with van der Waals surface area (Å²) in [5, 5.41) is 14.9. The average Bonchev–Trinajstić information content (AvgIpc) is 2.92. The van der Waals surface area contributed by atoms with Crippen molar-refractivity contribution >= 4 is 35.6 Å². The largest absolute Gasteiger partial charge is 0.357 e. The lowest BCUT2D eigenvalue weighted by Crippen LogP contribution is -2.37. The van der Waals surface area contributed by atoms with Crippen molar-refractivity contribution in [3.63, 3.8) is 0 Å². The lowest BCUT2D eigenvalue weighted by Gasteiger charge is -2.10. The molecule has 7 heteroatoms. The first-order chi connectivity index (χ1) is 10.3. The van der Waals surface area contributed by atoms with Crippen molar-refractivity contribution in [1.82, 2.24) is 25.2 Å². The number of nitrogens with one attached hydrogen (secondary N) is 2. The van der Waals surface area contributed by atoms with Gasteiger partial charge in [-0.05, 0) is 25.5 Å². The summed E-state index contributed by atoms with van der Waals surface area (Å²) in [5.74, 6) is 1.68. The topological polar surface area (TPSA) is 66.6 Å². The van der Waals surface area contributed by atoms with Gasteiger partial charge in [0.1, 0.15) is 6.54 Å². The van der Waals surface area contributed by atoms with E-state index in [0.29, 0.717) is 6.54 Å². The highest BCUT2D eigenvalue weighted by Crippen LogP contribution is 2.03. The molecule has 2 N–H and O–H groups in total. The molecule has 0 radical (unpaired) electrons. The molecule has 0 saturated carbocycles. The van der Waals surface area contributed by atoms with Gasteiger partial charge in [0.05, 0.1) is 0 Å². The fourth-order valence-corrected chi connectivity index (χ4v) is 2.07. The molecule has 122 valence electrons. The van der Waals surface area contributed by atoms with E-state index < -0.39 is 0 Å². The minimum absolute atomic E-state index is 0. The molecule has 0 atom stereocenters. The minimum atomic E-state index is 0. The van der Waals surface area contributed by atoms with Gasteiger partial charge < -0.3 is 10.6 Å². The summed E-state index contributed by atoms with van der Waals surface area (Å²) in [6, 6.07) is 5.86. The van der Waals surface area contributed by atoms with E-state index in [1.807, 2.05) is 28.8 Å². The SMILES string of the molecule is CCCCCNC(=NCc1nnc2ccccn12)NCC.I. The van der Waals surface area contributed by atoms with Crippen LogP contribution in [0.1, 0.15) is 38.9 Å². The molecule has 0 saturated heterocycles. The van der Waals surface area contributed by atoms with Gasteiger partial charge in [-0.25, -0.2) is 4.99 Å². The number of halogens is 1. The smallest absolute Gasteiger partial charge is 0.191 e. The summed E-state index contributed by atoms with van der Waals surface area (Å²) in [6.07, 6.45) is 5.58. The van der Waals surface area contributed by atoms with E-state index in [4.69, 9.17) is 0 Å². The van der Waals surface area contributed by atoms with Crippen LogP contribution >= 0.6 is 24.0 Å². The summed E-state index contributed by atoms with van der Waals surface area (Å²) < 4.78 is 1.96. The predicted octanol–water partition coefficient (Wildman–Crippen LogP) is 2.59. The van der Waals surface area contributed by atoms with Crippen LogP contribution in [0.15, 0.2) is 29.4 Å². The van der Waals surface area contributed by atoms with E-state index in [-0.39, 0.29) is 24.0 Å². The monoisotopic (exact) mass is 416 g/mol. The van der Waals surface area contributed by atoms with Crippen LogP contribution in [0, 0.1) is 0 Å². The molecule has 22 heavy (non-hydrogen) atoms. The van der Waals surface area contributed by atoms with E-state index in [0.717, 1.165) is 36.9 Å². The molecule has 6 nitrogen and oxygen atoms in total. The fourth-order valence-electron chi connectivity index (χ4n) is 2.07. The lowest BCUT2D eigenvalue weighted by molar-refractivity contribution is 0.682. The number of aliphatic imine (C=N–C) groups is 1. The Morgan fingerprint density at radius 3 is 2.82 bits per heavy atom. The number of hydrogen-bond donors (Lipinski definition) is 2. The summed E-state index contributed by atoms with van der Waals surface area (Å²) in [5.41, 5.74) is 0.851. The van der Waals surface area contributed by atoms with Crippen molar-refractivity contribution in [2.24, 2.45) is 4.99 Å². The zero-order chi connectivity index (χ0) is 14.9. The third-order valence-corrected chi connectivity index (χ3v) is 3.18. The normalized spacial score (nSPS) is 11.3. The first-order valence-electron chi connectivity index (χ1n) is 7.66. The molecule has 0 aliphatic heterocycles. The van der Waals surface area contributed by atoms with Gasteiger partial charge in [-0.1, -0.05) is 25.8 Å². The van der Waals surface area contributed by atoms with Gasteiger partial charge in [0.2, 0.25) is 0 Å². The molecule has 0 aliphatic carbocycles. The Morgan fingerprint density at radius 1 is 1.18 bits per heavy atom. The molecular weight excluding hydrogens is 391 g/mol. The summed E-state index contributed by atoms with van der Waals surface area (Å²) in [6.45, 7) is 6.57. The third kappa shape index (κ3) is 5.43. The minimum Gasteiger partial charge on any atom is -0.357 e. The van der Waals surface area contributed by atoms with Crippen LogP contribution in [-0.4, -0.2) is 33.6 Å². The van der Waals surface area contributed by atoms with E-state index in [1.165, 1.54) is 12.8 Å². The molecule has 2 aromatic heterocycles. The Hall–Kier alpha value is -1.38. The molecule has 0 amide bonds. The zero-order valence-electron chi connectivity index (χ0n) is 13.2. The second kappa shape index (κ2) is 10.4. The Kier molecular flexibility index (Phi) is 8.79. The quantitative estimate of drug-likeness (QED) is 0.315. The van der Waals surface area contributed by atoms with Crippen LogP contribution in [0.5, 0.6) is 0 Å². The standard InChI is InChI=1S/C15H24N6.HI/c1-3-5-7-10-17-15(16-4-2)18-12-14-20-19-13-9-6-8-11-21(13)14;/h6,8-9,11H,3-5,7,10,12H2,1-2H3,(H2,16,17,18);1H. The van der Waals surface area contributed by atoms with Gasteiger partial charge in [-0.2, -0.15) is 0 Å². The third-order valence-electron chi connectivity index (χ3n) is 3.18. The van der Waals surface area contributed by atoms with Crippen molar-refractivity contribution in [1.29, 1.82) is 0 Å². The van der Waals surface area contributed by atoms with E-state index in [1.54, 1.807) is 0 Å². The highest BCUT2D eigenvalue weighted by Gasteiger charge is 2.04. The molecule has 0 unspecified atom stereocenters. The van der Waals surface area contributed by atoms with Crippen molar-refractivity contribution < 1.29 is 0 Å². The van der Waals surface area contributed by atoms with Crippen LogP contribution < -0.4 is 10.6 Å². The van der Waals surface area contributed by atoms with E-state index >= 15 is 0 Å². The summed E-state index contributed by atoms with van der Waals surface area (Å²) >= 11 is 0. The van der Waals surface area contributed by atoms with Gasteiger partial charge >= 0.3 is 0 Å². The molecule has 0 fully saturated rings. The van der Waals surface area contributed by atoms with Gasteiger partial charge in [0.25, 0.3) is 0 Å². The van der Waals surface area contributed by atoms with Crippen LogP contribution in [0.2, 0.25) is 0 Å². The van der Waals surface area contributed by atoms with Gasteiger partial charge in [-0.3, -0.25) is 4.40 Å². The van der Waals surface area contributed by atoms with Gasteiger partial charge in [0.15, 0.2) is 17.4 Å². The predicted molar refractivity (Wildman–Crippen MR) is 101 cm³/mol. The fraction of sp³-hybridized carbons (Fsp3) is 0.533. The second-order valence-corrected chi connectivity index (χ2v) is 4.87. The molecular formula is C15H25IN6. The number of aromatic nitrogens is 3.